The van der Waals surface area contributed by atoms with E-state index in [0.29, 0.717) is 78.8 Å². The molecular formula is C91H56N8O4. The van der Waals surface area contributed by atoms with Crippen LogP contribution in [-0.2, 0) is 0 Å². The Kier molecular flexibility index (Phi) is 15.6. The van der Waals surface area contributed by atoms with Crippen LogP contribution in [0.1, 0.15) is 0 Å². The van der Waals surface area contributed by atoms with Crippen molar-refractivity contribution in [2.75, 3.05) is 0 Å². The zero-order chi connectivity index (χ0) is 68.7. The molecule has 0 aliphatic heterocycles. The average Bonchev–Trinajstić information content (AvgIpc) is 1.70. The predicted molar refractivity (Wildman–Crippen MR) is 413 cm³/mol. The number of aromatic nitrogens is 8. The molecule has 0 N–H and O–H groups in total. The molecule has 0 radical (unpaired) electrons. The number of fused-ring (bicyclic) bond motifs is 7. The maximum Gasteiger partial charge on any atom is 0.200 e. The third kappa shape index (κ3) is 11.7. The third-order valence-electron chi connectivity index (χ3n) is 18.8. The molecule has 19 rings (SSSR count). The lowest BCUT2D eigenvalue weighted by Crippen LogP contribution is -2.01. The molecule has 0 fully saturated rings. The van der Waals surface area contributed by atoms with Crippen LogP contribution in [0.15, 0.2) is 358 Å². The standard InChI is InChI=1S/C52H32N4O2.C39H24N4O2/c57-49-43-18-8-11-21-47(43)58-48-32-37(28-31-44(48)49)33-22-24-34(25-23-33)39-14-4-5-17-42(39)52-54-50(35-12-2-1-3-13-35)53-51(55-52)36-26-29-38(30-27-36)56-45-19-9-6-15-40(45)41-16-7-10-20-46(41)56;44-36-32-11-4-5-12-34(32)45-35-24-31(17-18-33(35)36)30-10-6-9-29(23-30)25-13-15-27(16-14-25)38-41-37(26-7-2-1-3-8-26)42-39(43-38)28-19-21-40-22-20-28/h1-32H;1-24H. The van der Waals surface area contributed by atoms with Crippen LogP contribution in [0.3, 0.4) is 0 Å². The quantitative estimate of drug-likeness (QED) is 0.114. The Labute approximate surface area is 589 Å². The van der Waals surface area contributed by atoms with E-state index in [4.69, 9.17) is 38.7 Å². The maximum absolute atomic E-state index is 13.2. The summed E-state index contributed by atoms with van der Waals surface area (Å²) in [6.07, 6.45) is 3.47. The topological polar surface area (TPSA) is 156 Å². The first-order valence-corrected chi connectivity index (χ1v) is 33.8. The number of hydrogen-bond acceptors (Lipinski definition) is 11. The Morgan fingerprint density at radius 3 is 1.06 bits per heavy atom. The van der Waals surface area contributed by atoms with Gasteiger partial charge in [0.1, 0.15) is 22.3 Å². The fourth-order valence-electron chi connectivity index (χ4n) is 13.6. The number of hydrogen-bond donors (Lipinski definition) is 0. The van der Waals surface area contributed by atoms with E-state index in [1.165, 1.54) is 10.8 Å². The van der Waals surface area contributed by atoms with Crippen molar-refractivity contribution in [3.05, 3.63) is 360 Å². The Hall–Kier alpha value is -14.2. The van der Waals surface area contributed by atoms with Crippen LogP contribution in [0.4, 0.5) is 0 Å². The van der Waals surface area contributed by atoms with E-state index in [2.05, 4.69) is 149 Å². The second-order valence-electron chi connectivity index (χ2n) is 25.1. The minimum absolute atomic E-state index is 0.0193. The molecule has 0 saturated heterocycles. The first-order valence-electron chi connectivity index (χ1n) is 33.8. The Balaban J connectivity index is 0.000000152. The molecule has 484 valence electrons. The highest BCUT2D eigenvalue weighted by atomic mass is 16.3. The van der Waals surface area contributed by atoms with E-state index in [1.54, 1.807) is 24.5 Å². The van der Waals surface area contributed by atoms with Crippen molar-refractivity contribution < 1.29 is 8.83 Å². The van der Waals surface area contributed by atoms with Crippen molar-refractivity contribution in [2.24, 2.45) is 0 Å². The van der Waals surface area contributed by atoms with E-state index in [-0.39, 0.29) is 10.9 Å². The molecule has 0 unspecified atom stereocenters. The minimum Gasteiger partial charge on any atom is -0.456 e. The first-order chi connectivity index (χ1) is 50.8. The van der Waals surface area contributed by atoms with Crippen LogP contribution in [-0.4, -0.2) is 39.5 Å². The minimum atomic E-state index is -0.0244. The molecule has 6 heterocycles. The third-order valence-corrected chi connectivity index (χ3v) is 18.8. The lowest BCUT2D eigenvalue weighted by atomic mass is 9.96. The predicted octanol–water partition coefficient (Wildman–Crippen LogP) is 21.4. The van der Waals surface area contributed by atoms with Gasteiger partial charge in [-0.2, -0.15) is 0 Å². The van der Waals surface area contributed by atoms with Gasteiger partial charge >= 0.3 is 0 Å². The molecule has 0 aliphatic rings. The van der Waals surface area contributed by atoms with Crippen molar-refractivity contribution in [1.29, 1.82) is 0 Å². The Morgan fingerprint density at radius 2 is 0.553 bits per heavy atom. The van der Waals surface area contributed by atoms with E-state index in [9.17, 15) is 9.59 Å². The highest BCUT2D eigenvalue weighted by Crippen LogP contribution is 2.38. The van der Waals surface area contributed by atoms with Gasteiger partial charge in [0.25, 0.3) is 0 Å². The van der Waals surface area contributed by atoms with Crippen molar-refractivity contribution in [1.82, 2.24) is 39.5 Å². The van der Waals surface area contributed by atoms with Crippen LogP contribution in [0, 0.1) is 0 Å². The molecule has 0 bridgehead atoms. The van der Waals surface area contributed by atoms with Gasteiger partial charge in [-0.3, -0.25) is 14.6 Å². The number of benzene rings is 13. The number of pyridine rings is 1. The lowest BCUT2D eigenvalue weighted by molar-refractivity contribution is 0.659. The smallest absolute Gasteiger partial charge is 0.200 e. The second kappa shape index (κ2) is 26.2. The van der Waals surface area contributed by atoms with Gasteiger partial charge in [0.15, 0.2) is 34.9 Å². The van der Waals surface area contributed by atoms with Gasteiger partial charge in [0, 0.05) is 62.2 Å². The number of nitrogens with zero attached hydrogens (tertiary/aromatic N) is 8. The molecular weight excluding hydrogens is 1270 g/mol. The van der Waals surface area contributed by atoms with E-state index < -0.39 is 0 Å². The summed E-state index contributed by atoms with van der Waals surface area (Å²) in [7, 11) is 0. The molecule has 12 nitrogen and oxygen atoms in total. The number of rotatable bonds is 11. The van der Waals surface area contributed by atoms with E-state index >= 15 is 0 Å². The summed E-state index contributed by atoms with van der Waals surface area (Å²) >= 11 is 0. The molecule has 0 atom stereocenters. The van der Waals surface area contributed by atoms with Gasteiger partial charge in [-0.25, -0.2) is 29.9 Å². The fourth-order valence-corrected chi connectivity index (χ4v) is 13.6. The van der Waals surface area contributed by atoms with Crippen molar-refractivity contribution in [3.8, 4) is 119 Å². The SMILES string of the molecule is O=c1c2ccccc2oc2cc(-c3ccc(-c4ccccc4-c4nc(-c5ccccc5)nc(-c5ccc(-n6c7ccccc7c7ccccc76)cc5)n4)cc3)ccc12.O=c1c2ccccc2oc2cc(-c3cccc(-c4ccc(-c5nc(-c6ccccc6)nc(-c6ccncc6)n5)cc4)c3)ccc12. The van der Waals surface area contributed by atoms with E-state index in [0.717, 1.165) is 94.6 Å². The molecule has 0 saturated carbocycles. The molecule has 0 spiro atoms. The molecule has 103 heavy (non-hydrogen) atoms. The summed E-state index contributed by atoms with van der Waals surface area (Å²) in [5.41, 5.74) is 19.2. The summed E-state index contributed by atoms with van der Waals surface area (Å²) in [5.74, 6) is 3.60. The summed E-state index contributed by atoms with van der Waals surface area (Å²) in [5, 5.41) is 4.76. The fraction of sp³-hybridized carbons (Fsp3) is 0. The summed E-state index contributed by atoms with van der Waals surface area (Å²) in [6.45, 7) is 0. The van der Waals surface area contributed by atoms with Crippen LogP contribution in [0.2, 0.25) is 0 Å². The molecule has 19 aromatic rings. The zero-order valence-electron chi connectivity index (χ0n) is 55.0. The summed E-state index contributed by atoms with van der Waals surface area (Å²) in [6, 6.07) is 109. The van der Waals surface area contributed by atoms with Crippen molar-refractivity contribution in [2.45, 2.75) is 0 Å². The molecule has 12 heteroatoms. The van der Waals surface area contributed by atoms with Crippen LogP contribution in [0.25, 0.3) is 184 Å². The highest BCUT2D eigenvalue weighted by molar-refractivity contribution is 6.09. The molecule has 0 aliphatic carbocycles. The summed E-state index contributed by atoms with van der Waals surface area (Å²) < 4.78 is 14.6. The normalized spacial score (nSPS) is 11.4. The second-order valence-corrected chi connectivity index (χ2v) is 25.1. The summed E-state index contributed by atoms with van der Waals surface area (Å²) in [4.78, 5) is 60.0. The van der Waals surface area contributed by atoms with Gasteiger partial charge in [0.2, 0.25) is 10.9 Å². The van der Waals surface area contributed by atoms with Crippen molar-refractivity contribution in [3.63, 3.8) is 0 Å². The average molecular weight is 1330 g/mol. The largest absolute Gasteiger partial charge is 0.456 e. The monoisotopic (exact) mass is 1320 g/mol. The maximum atomic E-state index is 13.2. The van der Waals surface area contributed by atoms with E-state index in [1.807, 2.05) is 176 Å². The lowest BCUT2D eigenvalue weighted by Gasteiger charge is -2.13. The van der Waals surface area contributed by atoms with Gasteiger partial charge in [-0.05, 0) is 148 Å². The van der Waals surface area contributed by atoms with Gasteiger partial charge in [0.05, 0.1) is 32.6 Å². The molecule has 6 aromatic heterocycles. The Morgan fingerprint density at radius 1 is 0.223 bits per heavy atom. The van der Waals surface area contributed by atoms with Gasteiger partial charge < -0.3 is 13.4 Å². The molecule has 13 aromatic carbocycles. The van der Waals surface area contributed by atoms with Crippen LogP contribution < -0.4 is 10.9 Å². The van der Waals surface area contributed by atoms with Crippen LogP contribution >= 0.6 is 0 Å². The highest BCUT2D eigenvalue weighted by Gasteiger charge is 2.20. The Bertz CT molecular complexity index is 6470. The molecule has 0 amide bonds. The zero-order valence-corrected chi connectivity index (χ0v) is 55.0. The van der Waals surface area contributed by atoms with Crippen LogP contribution in [0.5, 0.6) is 0 Å². The first kappa shape index (κ1) is 61.1. The van der Waals surface area contributed by atoms with Gasteiger partial charge in [-0.1, -0.05) is 224 Å². The number of para-hydroxylation sites is 4. The van der Waals surface area contributed by atoms with Gasteiger partial charge in [-0.15, -0.1) is 0 Å². The van der Waals surface area contributed by atoms with Crippen molar-refractivity contribution >= 4 is 65.7 Å².